The highest BCUT2D eigenvalue weighted by Crippen LogP contribution is 2.41. The van der Waals surface area contributed by atoms with Crippen LogP contribution in [-0.4, -0.2) is 28.1 Å². The van der Waals surface area contributed by atoms with Crippen LogP contribution in [0.1, 0.15) is 60.8 Å². The maximum atomic E-state index is 12.1. The highest BCUT2D eigenvalue weighted by Gasteiger charge is 2.31. The van der Waals surface area contributed by atoms with E-state index in [9.17, 15) is 9.90 Å². The molecule has 0 spiro atoms. The molecular formula is C13H20N2O2S. The Morgan fingerprint density at radius 2 is 2.22 bits per heavy atom. The zero-order chi connectivity index (χ0) is 13.2. The minimum Gasteiger partial charge on any atom is -0.388 e. The molecule has 1 aromatic heterocycles. The van der Waals surface area contributed by atoms with Gasteiger partial charge in [-0.05, 0) is 25.7 Å². The summed E-state index contributed by atoms with van der Waals surface area (Å²) in [6, 6.07) is 0. The Hall–Kier alpha value is -0.940. The molecule has 1 fully saturated rings. The van der Waals surface area contributed by atoms with Crippen molar-refractivity contribution in [3.8, 4) is 0 Å². The van der Waals surface area contributed by atoms with Crippen LogP contribution in [0.25, 0.3) is 0 Å². The van der Waals surface area contributed by atoms with Gasteiger partial charge in [0.15, 0.2) is 0 Å². The number of amides is 1. The van der Waals surface area contributed by atoms with Gasteiger partial charge in [0.05, 0.1) is 16.8 Å². The predicted octanol–water partition coefficient (Wildman–Crippen LogP) is 2.30. The van der Waals surface area contributed by atoms with Crippen molar-refractivity contribution in [3.05, 3.63) is 16.1 Å². The van der Waals surface area contributed by atoms with E-state index in [1.807, 2.05) is 13.8 Å². The lowest BCUT2D eigenvalue weighted by Gasteiger charge is -2.25. The summed E-state index contributed by atoms with van der Waals surface area (Å²) in [7, 11) is 0. The van der Waals surface area contributed by atoms with Gasteiger partial charge in [0.1, 0.15) is 4.88 Å². The molecule has 18 heavy (non-hydrogen) atoms. The molecule has 0 aromatic carbocycles. The number of hydrogen-bond acceptors (Lipinski definition) is 4. The largest absolute Gasteiger partial charge is 0.388 e. The van der Waals surface area contributed by atoms with Crippen LogP contribution in [-0.2, 0) is 0 Å². The van der Waals surface area contributed by atoms with Gasteiger partial charge in [0.2, 0.25) is 0 Å². The van der Waals surface area contributed by atoms with Gasteiger partial charge in [-0.1, -0.05) is 13.8 Å². The molecule has 2 N–H and O–H groups in total. The molecule has 4 nitrogen and oxygen atoms in total. The highest BCUT2D eigenvalue weighted by molar-refractivity contribution is 7.11. The quantitative estimate of drug-likeness (QED) is 0.832. The molecule has 0 aliphatic heterocycles. The first-order valence-electron chi connectivity index (χ1n) is 6.53. The van der Waals surface area contributed by atoms with Gasteiger partial charge in [-0.2, -0.15) is 0 Å². The average molecular weight is 268 g/mol. The molecule has 1 aliphatic rings. The molecule has 1 amide bonds. The van der Waals surface area contributed by atoms with E-state index in [1.165, 1.54) is 11.3 Å². The van der Waals surface area contributed by atoms with Gasteiger partial charge in [-0.25, -0.2) is 4.98 Å². The van der Waals surface area contributed by atoms with Crippen molar-refractivity contribution in [2.45, 2.75) is 51.0 Å². The zero-order valence-corrected chi connectivity index (χ0v) is 11.7. The van der Waals surface area contributed by atoms with Crippen molar-refractivity contribution < 1.29 is 9.90 Å². The Labute approximate surface area is 111 Å². The standard InChI is InChI=1S/C13H20N2O2S/c1-3-13(17,4-2)7-14-12(16)11-10(9-5-6-9)15-8-18-11/h8-9,17H,3-7H2,1-2H3,(H,14,16). The first-order chi connectivity index (χ1) is 8.59. The number of carbonyl (C=O) groups excluding carboxylic acids is 1. The molecule has 1 saturated carbocycles. The molecule has 5 heteroatoms. The Bertz CT molecular complexity index is 422. The van der Waals surface area contributed by atoms with Gasteiger partial charge in [-0.15, -0.1) is 11.3 Å². The number of nitrogens with zero attached hydrogens (tertiary/aromatic N) is 1. The minimum atomic E-state index is -0.792. The number of aromatic nitrogens is 1. The third kappa shape index (κ3) is 2.90. The van der Waals surface area contributed by atoms with E-state index >= 15 is 0 Å². The third-order valence-corrected chi connectivity index (χ3v) is 4.50. The molecular weight excluding hydrogens is 248 g/mol. The number of hydrogen-bond donors (Lipinski definition) is 2. The molecule has 0 bridgehead atoms. The summed E-state index contributed by atoms with van der Waals surface area (Å²) < 4.78 is 0. The smallest absolute Gasteiger partial charge is 0.263 e. The van der Waals surface area contributed by atoms with E-state index in [-0.39, 0.29) is 5.91 Å². The number of thiazole rings is 1. The summed E-state index contributed by atoms with van der Waals surface area (Å²) in [5.74, 6) is 0.382. The van der Waals surface area contributed by atoms with Gasteiger partial charge >= 0.3 is 0 Å². The van der Waals surface area contributed by atoms with Crippen molar-refractivity contribution in [2.75, 3.05) is 6.54 Å². The van der Waals surface area contributed by atoms with Crippen LogP contribution in [0.2, 0.25) is 0 Å². The number of rotatable bonds is 6. The first-order valence-corrected chi connectivity index (χ1v) is 7.41. The van der Waals surface area contributed by atoms with E-state index < -0.39 is 5.60 Å². The molecule has 0 atom stereocenters. The van der Waals surface area contributed by atoms with E-state index in [1.54, 1.807) is 5.51 Å². The first kappa shape index (κ1) is 13.5. The molecule has 0 saturated heterocycles. The van der Waals surface area contributed by atoms with Gasteiger partial charge in [-0.3, -0.25) is 4.79 Å². The van der Waals surface area contributed by atoms with Crippen molar-refractivity contribution in [1.29, 1.82) is 0 Å². The fourth-order valence-corrected chi connectivity index (χ4v) is 2.69. The van der Waals surface area contributed by atoms with E-state index in [0.29, 0.717) is 30.2 Å². The van der Waals surface area contributed by atoms with Gasteiger partial charge in [0.25, 0.3) is 5.91 Å². The summed E-state index contributed by atoms with van der Waals surface area (Å²) in [5, 5.41) is 13.0. The van der Waals surface area contributed by atoms with Gasteiger partial charge in [0, 0.05) is 12.5 Å². The molecule has 1 aliphatic carbocycles. The van der Waals surface area contributed by atoms with E-state index in [4.69, 9.17) is 0 Å². The summed E-state index contributed by atoms with van der Waals surface area (Å²) in [5.41, 5.74) is 1.88. The molecule has 0 radical (unpaired) electrons. The summed E-state index contributed by atoms with van der Waals surface area (Å²) >= 11 is 1.39. The maximum absolute atomic E-state index is 12.1. The second-order valence-electron chi connectivity index (χ2n) is 4.96. The van der Waals surface area contributed by atoms with Crippen LogP contribution < -0.4 is 5.32 Å². The Balaban J connectivity index is 1.97. The van der Waals surface area contributed by atoms with Crippen LogP contribution in [0.3, 0.4) is 0 Å². The number of aliphatic hydroxyl groups is 1. The lowest BCUT2D eigenvalue weighted by Crippen LogP contribution is -2.42. The molecule has 1 aromatic rings. The molecule has 1 heterocycles. The van der Waals surface area contributed by atoms with Crippen LogP contribution in [0.5, 0.6) is 0 Å². The van der Waals surface area contributed by atoms with Crippen molar-refractivity contribution in [2.24, 2.45) is 0 Å². The van der Waals surface area contributed by atoms with E-state index in [2.05, 4.69) is 10.3 Å². The van der Waals surface area contributed by atoms with Crippen LogP contribution >= 0.6 is 11.3 Å². The SMILES string of the molecule is CCC(O)(CC)CNC(=O)c1scnc1C1CC1. The molecule has 100 valence electrons. The van der Waals surface area contributed by atoms with Gasteiger partial charge < -0.3 is 10.4 Å². The monoisotopic (exact) mass is 268 g/mol. The highest BCUT2D eigenvalue weighted by atomic mass is 32.1. The van der Waals surface area contributed by atoms with E-state index in [0.717, 1.165) is 18.5 Å². The maximum Gasteiger partial charge on any atom is 0.263 e. The van der Waals surface area contributed by atoms with Crippen LogP contribution in [0.4, 0.5) is 0 Å². The predicted molar refractivity (Wildman–Crippen MR) is 72.0 cm³/mol. The summed E-state index contributed by atoms with van der Waals surface area (Å²) in [6.45, 7) is 4.16. The summed E-state index contributed by atoms with van der Waals surface area (Å²) in [6.07, 6.45) is 3.56. The fraction of sp³-hybridized carbons (Fsp3) is 0.692. The normalized spacial score (nSPS) is 15.7. The zero-order valence-electron chi connectivity index (χ0n) is 10.9. The van der Waals surface area contributed by atoms with Crippen LogP contribution in [0, 0.1) is 0 Å². The number of nitrogens with one attached hydrogen (secondary N) is 1. The van der Waals surface area contributed by atoms with Crippen LogP contribution in [0.15, 0.2) is 5.51 Å². The second-order valence-corrected chi connectivity index (χ2v) is 5.81. The fourth-order valence-electron chi connectivity index (χ4n) is 1.90. The van der Waals surface area contributed by atoms with Crippen molar-refractivity contribution >= 4 is 17.2 Å². The Morgan fingerprint density at radius 3 is 2.78 bits per heavy atom. The molecule has 2 rings (SSSR count). The number of carbonyl (C=O) groups is 1. The Morgan fingerprint density at radius 1 is 1.56 bits per heavy atom. The lowest BCUT2D eigenvalue weighted by molar-refractivity contribution is 0.0314. The minimum absolute atomic E-state index is 0.0975. The topological polar surface area (TPSA) is 62.2 Å². The Kier molecular flexibility index (Phi) is 4.02. The average Bonchev–Trinajstić information content (AvgIpc) is 3.13. The lowest BCUT2D eigenvalue weighted by atomic mass is 9.97. The van der Waals surface area contributed by atoms with Crippen molar-refractivity contribution in [3.63, 3.8) is 0 Å². The molecule has 0 unspecified atom stereocenters. The second kappa shape index (κ2) is 5.36. The third-order valence-electron chi connectivity index (χ3n) is 3.66. The van der Waals surface area contributed by atoms with Crippen molar-refractivity contribution in [1.82, 2.24) is 10.3 Å². The summed E-state index contributed by atoms with van der Waals surface area (Å²) in [4.78, 5) is 17.1.